The van der Waals surface area contributed by atoms with E-state index in [4.69, 9.17) is 34.8 Å². The third-order valence-corrected chi connectivity index (χ3v) is 6.34. The van der Waals surface area contributed by atoms with Gasteiger partial charge in [-0.15, -0.1) is 0 Å². The van der Waals surface area contributed by atoms with Gasteiger partial charge in [-0.2, -0.15) is 0 Å². The van der Waals surface area contributed by atoms with Crippen molar-refractivity contribution < 1.29 is 14.4 Å². The van der Waals surface area contributed by atoms with Crippen molar-refractivity contribution in [2.75, 3.05) is 21.7 Å². The molecule has 178 valence electrons. The molecule has 35 heavy (non-hydrogen) atoms. The minimum atomic E-state index is -0.729. The summed E-state index contributed by atoms with van der Waals surface area (Å²) in [7, 11) is 0. The second-order valence-electron chi connectivity index (χ2n) is 7.82. The first-order valence-electron chi connectivity index (χ1n) is 10.7. The highest BCUT2D eigenvalue weighted by atomic mass is 35.5. The molecule has 4 rings (SSSR count). The number of carbonyl (C=O) groups is 3. The minimum Gasteiger partial charge on any atom is -0.350 e. The molecular formula is C26H20Cl3N3O3. The zero-order chi connectivity index (χ0) is 25.3. The number of carbonyl (C=O) groups excluding carboxylic acids is 3. The second-order valence-corrected chi connectivity index (χ2v) is 9.05. The molecule has 0 aliphatic carbocycles. The summed E-state index contributed by atoms with van der Waals surface area (Å²) < 4.78 is 0. The van der Waals surface area contributed by atoms with Crippen LogP contribution < -0.4 is 15.1 Å². The molecule has 0 saturated carbocycles. The van der Waals surface area contributed by atoms with E-state index >= 15 is 0 Å². The number of anilines is 3. The fourth-order valence-electron chi connectivity index (χ4n) is 3.76. The van der Waals surface area contributed by atoms with Crippen LogP contribution in [0.2, 0.25) is 10.0 Å². The van der Waals surface area contributed by atoms with E-state index in [0.717, 1.165) is 16.2 Å². The number of hydrogen-bond acceptors (Lipinski definition) is 4. The molecule has 0 unspecified atom stereocenters. The van der Waals surface area contributed by atoms with Gasteiger partial charge in [0.25, 0.3) is 17.7 Å². The molecule has 1 N–H and O–H groups in total. The van der Waals surface area contributed by atoms with Crippen molar-refractivity contribution in [3.8, 4) is 0 Å². The molecule has 3 aromatic rings. The van der Waals surface area contributed by atoms with E-state index in [1.54, 1.807) is 35.2 Å². The maximum absolute atomic E-state index is 13.3. The molecule has 0 aromatic heterocycles. The summed E-state index contributed by atoms with van der Waals surface area (Å²) in [4.78, 5) is 41.7. The molecule has 3 amide bonds. The second kappa shape index (κ2) is 10.1. The number of hydrogen-bond donors (Lipinski definition) is 1. The molecule has 1 aliphatic rings. The summed E-state index contributed by atoms with van der Waals surface area (Å²) in [5, 5.41) is 3.08. The first-order chi connectivity index (χ1) is 16.7. The SMILES string of the molecule is CCN(C(=O)c1cccc(NC2=C(Cl)C(=O)N(c3cc(Cl)ccc3Cl)C2=O)c1)c1cccc(C)c1. The van der Waals surface area contributed by atoms with Crippen LogP contribution in [0.15, 0.2) is 77.5 Å². The Morgan fingerprint density at radius 1 is 0.943 bits per heavy atom. The minimum absolute atomic E-state index is 0.122. The number of nitrogens with one attached hydrogen (secondary N) is 1. The Balaban J connectivity index is 1.61. The molecule has 1 heterocycles. The fraction of sp³-hybridized carbons (Fsp3) is 0.115. The topological polar surface area (TPSA) is 69.7 Å². The van der Waals surface area contributed by atoms with Crippen molar-refractivity contribution in [1.82, 2.24) is 0 Å². The van der Waals surface area contributed by atoms with Crippen LogP contribution in [-0.4, -0.2) is 24.3 Å². The molecule has 9 heteroatoms. The van der Waals surface area contributed by atoms with Crippen LogP contribution in [0.5, 0.6) is 0 Å². The maximum atomic E-state index is 13.3. The summed E-state index contributed by atoms with van der Waals surface area (Å²) >= 11 is 18.5. The van der Waals surface area contributed by atoms with Crippen LogP contribution in [0.4, 0.5) is 17.1 Å². The molecule has 6 nitrogen and oxygen atoms in total. The van der Waals surface area contributed by atoms with Crippen molar-refractivity contribution in [2.45, 2.75) is 13.8 Å². The number of imide groups is 1. The number of rotatable bonds is 6. The quantitative estimate of drug-likeness (QED) is 0.376. The van der Waals surface area contributed by atoms with Crippen molar-refractivity contribution in [2.24, 2.45) is 0 Å². The predicted molar refractivity (Wildman–Crippen MR) is 140 cm³/mol. The van der Waals surface area contributed by atoms with Crippen LogP contribution in [0, 0.1) is 6.92 Å². The third-order valence-electron chi connectivity index (χ3n) is 5.43. The van der Waals surface area contributed by atoms with E-state index < -0.39 is 11.8 Å². The first kappa shape index (κ1) is 24.8. The number of aryl methyl sites for hydroxylation is 1. The monoisotopic (exact) mass is 527 g/mol. The molecular weight excluding hydrogens is 509 g/mol. The zero-order valence-electron chi connectivity index (χ0n) is 18.8. The smallest absolute Gasteiger partial charge is 0.283 e. The van der Waals surface area contributed by atoms with E-state index in [1.807, 2.05) is 38.1 Å². The Morgan fingerprint density at radius 3 is 2.40 bits per heavy atom. The van der Waals surface area contributed by atoms with Gasteiger partial charge in [0.05, 0.1) is 10.7 Å². The van der Waals surface area contributed by atoms with Gasteiger partial charge in [-0.05, 0) is 67.9 Å². The van der Waals surface area contributed by atoms with Crippen molar-refractivity contribution in [3.05, 3.63) is 98.6 Å². The van der Waals surface area contributed by atoms with Gasteiger partial charge in [0.2, 0.25) is 0 Å². The van der Waals surface area contributed by atoms with Gasteiger partial charge in [-0.1, -0.05) is 53.0 Å². The van der Waals surface area contributed by atoms with Crippen LogP contribution in [0.25, 0.3) is 0 Å². The largest absolute Gasteiger partial charge is 0.350 e. The summed E-state index contributed by atoms with van der Waals surface area (Å²) in [6.45, 7) is 4.33. The van der Waals surface area contributed by atoms with E-state index in [1.165, 1.54) is 12.1 Å². The lowest BCUT2D eigenvalue weighted by Gasteiger charge is -2.22. The Hall–Kier alpha value is -3.32. The van der Waals surface area contributed by atoms with E-state index in [2.05, 4.69) is 5.32 Å². The normalized spacial score (nSPS) is 13.5. The highest BCUT2D eigenvalue weighted by Crippen LogP contribution is 2.36. The molecule has 0 atom stereocenters. The van der Waals surface area contributed by atoms with Crippen molar-refractivity contribution in [3.63, 3.8) is 0 Å². The van der Waals surface area contributed by atoms with Crippen molar-refractivity contribution in [1.29, 1.82) is 0 Å². The lowest BCUT2D eigenvalue weighted by atomic mass is 10.1. The van der Waals surface area contributed by atoms with E-state index in [9.17, 15) is 14.4 Å². The standard InChI is InChI=1S/C26H20Cl3N3O3/c1-3-31(19-9-4-6-15(2)12-19)24(33)16-7-5-8-18(13-16)30-23-22(29)25(34)32(26(23)35)21-14-17(27)10-11-20(21)28/h4-14,30H,3H2,1-2H3. The van der Waals surface area contributed by atoms with Crippen molar-refractivity contribution >= 4 is 69.6 Å². The summed E-state index contributed by atoms with van der Waals surface area (Å²) in [5.74, 6) is -1.62. The Morgan fingerprint density at radius 2 is 1.69 bits per heavy atom. The zero-order valence-corrected chi connectivity index (χ0v) is 21.1. The molecule has 1 aliphatic heterocycles. The average Bonchev–Trinajstić information content (AvgIpc) is 3.04. The van der Waals surface area contributed by atoms with Gasteiger partial charge in [-0.25, -0.2) is 4.90 Å². The summed E-state index contributed by atoms with van der Waals surface area (Å²) in [6.07, 6.45) is 0. The maximum Gasteiger partial charge on any atom is 0.283 e. The van der Waals surface area contributed by atoms with Gasteiger partial charge in [-0.3, -0.25) is 14.4 Å². The number of nitrogens with zero attached hydrogens (tertiary/aromatic N) is 2. The van der Waals surface area contributed by atoms with Gasteiger partial charge < -0.3 is 10.2 Å². The molecule has 0 spiro atoms. The van der Waals surface area contributed by atoms with Crippen LogP contribution >= 0.6 is 34.8 Å². The number of halogens is 3. The fourth-order valence-corrected chi connectivity index (χ4v) is 4.34. The third kappa shape index (κ3) is 4.91. The van der Waals surface area contributed by atoms with Crippen LogP contribution in [0.1, 0.15) is 22.8 Å². The lowest BCUT2D eigenvalue weighted by Crippen LogP contribution is -2.32. The molecule has 0 fully saturated rings. The van der Waals surface area contributed by atoms with Gasteiger partial charge in [0.15, 0.2) is 0 Å². The number of benzene rings is 3. The first-order valence-corrected chi connectivity index (χ1v) is 11.8. The molecule has 0 saturated heterocycles. The number of amides is 3. The summed E-state index contributed by atoms with van der Waals surface area (Å²) in [6, 6.07) is 18.8. The van der Waals surface area contributed by atoms with Crippen LogP contribution in [0.3, 0.4) is 0 Å². The van der Waals surface area contributed by atoms with Gasteiger partial charge >= 0.3 is 0 Å². The summed E-state index contributed by atoms with van der Waals surface area (Å²) in [5.41, 5.74) is 2.66. The Bertz CT molecular complexity index is 1390. The van der Waals surface area contributed by atoms with E-state index in [-0.39, 0.29) is 27.3 Å². The molecule has 3 aromatic carbocycles. The highest BCUT2D eigenvalue weighted by molar-refractivity contribution is 6.54. The van der Waals surface area contributed by atoms with Gasteiger partial charge in [0.1, 0.15) is 10.7 Å². The average molecular weight is 529 g/mol. The van der Waals surface area contributed by atoms with E-state index in [0.29, 0.717) is 22.8 Å². The van der Waals surface area contributed by atoms with Crippen LogP contribution in [-0.2, 0) is 9.59 Å². The predicted octanol–water partition coefficient (Wildman–Crippen LogP) is 6.40. The Labute approximate surface area is 217 Å². The molecule has 0 bridgehead atoms. The lowest BCUT2D eigenvalue weighted by molar-refractivity contribution is -0.120. The van der Waals surface area contributed by atoms with Gasteiger partial charge in [0, 0.05) is 28.5 Å². The Kier molecular flexibility index (Phi) is 7.17. The highest BCUT2D eigenvalue weighted by Gasteiger charge is 2.40. The molecule has 0 radical (unpaired) electrons.